The van der Waals surface area contributed by atoms with Crippen molar-refractivity contribution in [3.05, 3.63) is 29.3 Å². The Morgan fingerprint density at radius 3 is 3.00 bits per heavy atom. The third-order valence-corrected chi connectivity index (χ3v) is 5.55. The number of thiazole rings is 1. The first-order valence-corrected chi connectivity index (χ1v) is 8.68. The molecule has 1 aliphatic heterocycles. The van der Waals surface area contributed by atoms with Crippen LogP contribution in [0.1, 0.15) is 50.6 Å². The van der Waals surface area contributed by atoms with Gasteiger partial charge in [-0.1, -0.05) is 26.0 Å². The summed E-state index contributed by atoms with van der Waals surface area (Å²) in [5, 5.41) is 1.10. The van der Waals surface area contributed by atoms with Crippen LogP contribution in [0.3, 0.4) is 0 Å². The smallest absolute Gasteiger partial charge is 0.225 e. The van der Waals surface area contributed by atoms with Crippen molar-refractivity contribution in [2.45, 2.75) is 45.6 Å². The third kappa shape index (κ3) is 2.82. The summed E-state index contributed by atoms with van der Waals surface area (Å²) in [6.45, 7) is 5.00. The average molecular weight is 302 g/mol. The van der Waals surface area contributed by atoms with Gasteiger partial charge >= 0.3 is 0 Å². The van der Waals surface area contributed by atoms with Crippen LogP contribution in [0.5, 0.6) is 0 Å². The Morgan fingerprint density at radius 2 is 2.24 bits per heavy atom. The molecule has 2 aromatic rings. The van der Waals surface area contributed by atoms with E-state index >= 15 is 0 Å². The molecule has 112 valence electrons. The third-order valence-electron chi connectivity index (χ3n) is 4.42. The van der Waals surface area contributed by atoms with Gasteiger partial charge in [-0.15, -0.1) is 11.3 Å². The number of carbonyl (C=O) groups excluding carboxylic acids is 1. The standard InChI is InChI=1S/C17H22N2OS/c1-3-12(2)17(20)19-11-7-6-9-14(19)16-18-13-8-4-5-10-15(13)21-16/h4-5,8,10,12,14H,3,6-7,9,11H2,1-2H3. The Hall–Kier alpha value is -1.42. The van der Waals surface area contributed by atoms with Gasteiger partial charge in [0, 0.05) is 12.5 Å². The molecule has 0 N–H and O–H groups in total. The topological polar surface area (TPSA) is 33.2 Å². The predicted molar refractivity (Wildman–Crippen MR) is 87.4 cm³/mol. The van der Waals surface area contributed by atoms with Crippen LogP contribution in [0.25, 0.3) is 10.2 Å². The van der Waals surface area contributed by atoms with E-state index in [0.29, 0.717) is 5.91 Å². The molecule has 0 bridgehead atoms. The minimum Gasteiger partial charge on any atom is -0.333 e. The molecule has 1 amide bonds. The number of piperidine rings is 1. The first-order chi connectivity index (χ1) is 10.2. The fourth-order valence-corrected chi connectivity index (χ4v) is 4.06. The van der Waals surface area contributed by atoms with Crippen molar-refractivity contribution >= 4 is 27.5 Å². The first kappa shape index (κ1) is 14.5. The number of para-hydroxylation sites is 1. The average Bonchev–Trinajstić information content (AvgIpc) is 2.97. The highest BCUT2D eigenvalue weighted by atomic mass is 32.1. The summed E-state index contributed by atoms with van der Waals surface area (Å²) in [5.74, 6) is 0.404. The molecule has 2 atom stereocenters. The Kier molecular flexibility index (Phi) is 4.24. The molecule has 1 fully saturated rings. The summed E-state index contributed by atoms with van der Waals surface area (Å²) in [4.78, 5) is 19.5. The zero-order chi connectivity index (χ0) is 14.8. The molecule has 21 heavy (non-hydrogen) atoms. The lowest BCUT2D eigenvalue weighted by Gasteiger charge is -2.36. The summed E-state index contributed by atoms with van der Waals surface area (Å²) in [5.41, 5.74) is 1.05. The van der Waals surface area contributed by atoms with Gasteiger partial charge in [-0.05, 0) is 37.8 Å². The molecular formula is C17H22N2OS. The van der Waals surface area contributed by atoms with E-state index in [0.717, 1.165) is 36.3 Å². The molecule has 0 aliphatic carbocycles. The van der Waals surface area contributed by atoms with E-state index in [1.54, 1.807) is 11.3 Å². The van der Waals surface area contributed by atoms with Crippen molar-refractivity contribution in [3.63, 3.8) is 0 Å². The predicted octanol–water partition coefficient (Wildman–Crippen LogP) is 4.40. The molecule has 1 aromatic carbocycles. The van der Waals surface area contributed by atoms with E-state index in [4.69, 9.17) is 4.98 Å². The molecule has 4 heteroatoms. The van der Waals surface area contributed by atoms with Gasteiger partial charge in [0.15, 0.2) is 0 Å². The molecule has 1 saturated heterocycles. The number of hydrogen-bond donors (Lipinski definition) is 0. The maximum absolute atomic E-state index is 12.6. The largest absolute Gasteiger partial charge is 0.333 e. The molecule has 3 rings (SSSR count). The van der Waals surface area contributed by atoms with Crippen molar-refractivity contribution in [2.75, 3.05) is 6.54 Å². The monoisotopic (exact) mass is 302 g/mol. The maximum atomic E-state index is 12.6. The van der Waals surface area contributed by atoms with Gasteiger partial charge in [0.1, 0.15) is 5.01 Å². The fraction of sp³-hybridized carbons (Fsp3) is 0.529. The van der Waals surface area contributed by atoms with Crippen LogP contribution in [-0.4, -0.2) is 22.3 Å². The Balaban J connectivity index is 1.91. The van der Waals surface area contributed by atoms with E-state index < -0.39 is 0 Å². The molecule has 0 radical (unpaired) electrons. The second-order valence-electron chi connectivity index (χ2n) is 5.87. The van der Waals surface area contributed by atoms with E-state index in [-0.39, 0.29) is 12.0 Å². The Labute approximate surface area is 130 Å². The van der Waals surface area contributed by atoms with E-state index in [9.17, 15) is 4.79 Å². The number of carbonyl (C=O) groups is 1. The number of nitrogens with zero attached hydrogens (tertiary/aromatic N) is 2. The van der Waals surface area contributed by atoms with Crippen molar-refractivity contribution in [1.29, 1.82) is 0 Å². The zero-order valence-corrected chi connectivity index (χ0v) is 13.5. The van der Waals surface area contributed by atoms with Crippen LogP contribution in [-0.2, 0) is 4.79 Å². The van der Waals surface area contributed by atoms with Crippen molar-refractivity contribution < 1.29 is 4.79 Å². The molecular weight excluding hydrogens is 280 g/mol. The van der Waals surface area contributed by atoms with Crippen LogP contribution >= 0.6 is 11.3 Å². The summed E-state index contributed by atoms with van der Waals surface area (Å²) >= 11 is 1.74. The second kappa shape index (κ2) is 6.14. The van der Waals surface area contributed by atoms with Gasteiger partial charge in [0.2, 0.25) is 5.91 Å². The molecule has 0 saturated carbocycles. The van der Waals surface area contributed by atoms with Crippen LogP contribution < -0.4 is 0 Å². The minimum absolute atomic E-state index is 0.111. The number of rotatable bonds is 3. The van der Waals surface area contributed by atoms with Crippen molar-refractivity contribution in [2.24, 2.45) is 5.92 Å². The summed E-state index contributed by atoms with van der Waals surface area (Å²) in [6, 6.07) is 8.42. The summed E-state index contributed by atoms with van der Waals surface area (Å²) in [7, 11) is 0. The van der Waals surface area contributed by atoms with Gasteiger partial charge in [0.05, 0.1) is 16.3 Å². The van der Waals surface area contributed by atoms with Crippen LogP contribution in [0.4, 0.5) is 0 Å². The number of aromatic nitrogens is 1. The molecule has 1 aromatic heterocycles. The van der Waals surface area contributed by atoms with Crippen LogP contribution in [0, 0.1) is 5.92 Å². The fourth-order valence-electron chi connectivity index (χ4n) is 2.94. The SMILES string of the molecule is CCC(C)C(=O)N1CCCCC1c1nc2ccccc2s1. The number of fused-ring (bicyclic) bond motifs is 1. The number of hydrogen-bond acceptors (Lipinski definition) is 3. The number of benzene rings is 1. The highest BCUT2D eigenvalue weighted by Gasteiger charge is 2.31. The van der Waals surface area contributed by atoms with Crippen LogP contribution in [0.15, 0.2) is 24.3 Å². The van der Waals surface area contributed by atoms with Gasteiger partial charge in [-0.2, -0.15) is 0 Å². The Bertz CT molecular complexity index is 604. The maximum Gasteiger partial charge on any atom is 0.225 e. The lowest BCUT2D eigenvalue weighted by Crippen LogP contribution is -2.41. The quantitative estimate of drug-likeness (QED) is 0.842. The lowest BCUT2D eigenvalue weighted by atomic mass is 9.99. The first-order valence-electron chi connectivity index (χ1n) is 7.86. The van der Waals surface area contributed by atoms with Gasteiger partial charge < -0.3 is 4.90 Å². The van der Waals surface area contributed by atoms with E-state index in [2.05, 4.69) is 24.0 Å². The summed E-state index contributed by atoms with van der Waals surface area (Å²) in [6.07, 6.45) is 4.25. The minimum atomic E-state index is 0.111. The molecule has 2 heterocycles. The zero-order valence-electron chi connectivity index (χ0n) is 12.7. The highest BCUT2D eigenvalue weighted by Crippen LogP contribution is 2.36. The molecule has 0 spiro atoms. The number of amides is 1. The second-order valence-corrected chi connectivity index (χ2v) is 6.93. The number of likely N-dealkylation sites (tertiary alicyclic amines) is 1. The van der Waals surface area contributed by atoms with E-state index in [1.165, 1.54) is 11.1 Å². The Morgan fingerprint density at radius 1 is 1.43 bits per heavy atom. The molecule has 3 nitrogen and oxygen atoms in total. The van der Waals surface area contributed by atoms with Crippen molar-refractivity contribution in [1.82, 2.24) is 9.88 Å². The van der Waals surface area contributed by atoms with Crippen LogP contribution in [0.2, 0.25) is 0 Å². The molecule has 2 unspecified atom stereocenters. The van der Waals surface area contributed by atoms with Gasteiger partial charge in [-0.25, -0.2) is 4.98 Å². The molecule has 1 aliphatic rings. The summed E-state index contributed by atoms with van der Waals surface area (Å²) < 4.78 is 1.22. The lowest BCUT2D eigenvalue weighted by molar-refractivity contribution is -0.139. The van der Waals surface area contributed by atoms with Gasteiger partial charge in [-0.3, -0.25) is 4.79 Å². The van der Waals surface area contributed by atoms with Gasteiger partial charge in [0.25, 0.3) is 0 Å². The normalized spacial score (nSPS) is 20.7. The van der Waals surface area contributed by atoms with Crippen molar-refractivity contribution in [3.8, 4) is 0 Å². The van der Waals surface area contributed by atoms with E-state index in [1.807, 2.05) is 19.1 Å². The highest BCUT2D eigenvalue weighted by molar-refractivity contribution is 7.18.